The summed E-state index contributed by atoms with van der Waals surface area (Å²) in [6, 6.07) is 19.0. The number of benzene rings is 3. The second-order valence-electron chi connectivity index (χ2n) is 10.7. The first-order chi connectivity index (χ1) is 19.2. The molecular weight excluding hydrogens is 502 g/mol. The van der Waals surface area contributed by atoms with Gasteiger partial charge in [-0.3, -0.25) is 19.0 Å². The topological polar surface area (TPSA) is 102 Å². The first kappa shape index (κ1) is 27.3. The number of nitrogens with zero attached hydrogens (tertiary/aromatic N) is 4. The van der Waals surface area contributed by atoms with Crippen molar-refractivity contribution in [3.63, 3.8) is 0 Å². The Labute approximate surface area is 234 Å². The molecular formula is C32H35N5O3. The average Bonchev–Trinajstić information content (AvgIpc) is 3.47. The van der Waals surface area contributed by atoms with Crippen LogP contribution in [0.1, 0.15) is 45.9 Å². The van der Waals surface area contributed by atoms with Crippen molar-refractivity contribution in [3.8, 4) is 11.1 Å². The van der Waals surface area contributed by atoms with Crippen LogP contribution < -0.4 is 11.3 Å². The molecule has 8 heteroatoms. The molecule has 1 aliphatic heterocycles. The van der Waals surface area contributed by atoms with E-state index in [0.717, 1.165) is 53.7 Å². The Kier molecular flexibility index (Phi) is 7.80. The van der Waals surface area contributed by atoms with Gasteiger partial charge < -0.3 is 15.5 Å². The maximum Gasteiger partial charge on any atom is 0.269 e. The third-order valence-electron chi connectivity index (χ3n) is 8.02. The van der Waals surface area contributed by atoms with Crippen LogP contribution >= 0.6 is 0 Å². The van der Waals surface area contributed by atoms with Crippen molar-refractivity contribution in [1.29, 1.82) is 0 Å². The van der Waals surface area contributed by atoms with Crippen molar-refractivity contribution < 1.29 is 9.59 Å². The minimum atomic E-state index is -0.462. The lowest BCUT2D eigenvalue weighted by molar-refractivity contribution is -0.133. The molecule has 0 aliphatic carbocycles. The van der Waals surface area contributed by atoms with Crippen LogP contribution in [0.2, 0.25) is 0 Å². The smallest absolute Gasteiger partial charge is 0.269 e. The molecule has 0 spiro atoms. The third kappa shape index (κ3) is 5.67. The minimum Gasteiger partial charge on any atom is -0.366 e. The summed E-state index contributed by atoms with van der Waals surface area (Å²) in [6.45, 7) is 6.65. The molecule has 8 nitrogen and oxygen atoms in total. The van der Waals surface area contributed by atoms with Gasteiger partial charge in [0.1, 0.15) is 6.54 Å². The minimum absolute atomic E-state index is 0.0641. The van der Waals surface area contributed by atoms with Crippen LogP contribution in [0.3, 0.4) is 0 Å². The largest absolute Gasteiger partial charge is 0.366 e. The van der Waals surface area contributed by atoms with E-state index in [9.17, 15) is 14.4 Å². The molecule has 1 fully saturated rings. The van der Waals surface area contributed by atoms with Crippen LogP contribution in [-0.4, -0.2) is 57.8 Å². The van der Waals surface area contributed by atoms with Gasteiger partial charge in [0, 0.05) is 19.2 Å². The molecule has 3 aromatic carbocycles. The number of primary amides is 1. The number of aromatic nitrogens is 2. The summed E-state index contributed by atoms with van der Waals surface area (Å²) in [4.78, 5) is 46.7. The van der Waals surface area contributed by atoms with E-state index < -0.39 is 5.91 Å². The number of likely N-dealkylation sites (N-methyl/N-ethyl adjacent to an activating group) is 1. The number of hydrogen-bond acceptors (Lipinski definition) is 5. The summed E-state index contributed by atoms with van der Waals surface area (Å²) in [6.07, 6.45) is 3.59. The SMILES string of the molecule is Cc1cc2ncc(=O)n(CC(=O)N(C)C(CN3CCCC3)c3ccc(-c4cccc(C(N)=O)c4)cc3)c2cc1C. The molecule has 206 valence electrons. The molecule has 1 aliphatic rings. The fraction of sp³-hybridized carbons (Fsp3) is 0.312. The van der Waals surface area contributed by atoms with E-state index in [1.165, 1.54) is 10.8 Å². The lowest BCUT2D eigenvalue weighted by Gasteiger charge is -2.32. The number of carbonyl (C=O) groups excluding carboxylic acids is 2. The van der Waals surface area contributed by atoms with Gasteiger partial charge in [-0.15, -0.1) is 0 Å². The molecule has 1 atom stereocenters. The van der Waals surface area contributed by atoms with E-state index in [0.29, 0.717) is 23.1 Å². The van der Waals surface area contributed by atoms with Gasteiger partial charge in [-0.1, -0.05) is 36.4 Å². The monoisotopic (exact) mass is 537 g/mol. The molecule has 40 heavy (non-hydrogen) atoms. The van der Waals surface area contributed by atoms with Crippen LogP contribution in [0.4, 0.5) is 0 Å². The first-order valence-corrected chi connectivity index (χ1v) is 13.7. The normalized spacial score (nSPS) is 14.4. The number of likely N-dealkylation sites (tertiary alicyclic amines) is 1. The molecule has 0 bridgehead atoms. The zero-order chi connectivity index (χ0) is 28.4. The number of nitrogens with two attached hydrogens (primary N) is 1. The Morgan fingerprint density at radius 3 is 2.38 bits per heavy atom. The summed E-state index contributed by atoms with van der Waals surface area (Å²) in [7, 11) is 1.82. The summed E-state index contributed by atoms with van der Waals surface area (Å²) < 4.78 is 1.52. The Hall–Kier alpha value is -4.30. The highest BCUT2D eigenvalue weighted by atomic mass is 16.2. The summed E-state index contributed by atoms with van der Waals surface area (Å²) in [5, 5.41) is 0. The Morgan fingerprint density at radius 1 is 0.975 bits per heavy atom. The highest BCUT2D eigenvalue weighted by molar-refractivity contribution is 5.94. The van der Waals surface area contributed by atoms with Gasteiger partial charge in [-0.2, -0.15) is 0 Å². The van der Waals surface area contributed by atoms with Crippen LogP contribution in [0.25, 0.3) is 22.2 Å². The highest BCUT2D eigenvalue weighted by Gasteiger charge is 2.26. The van der Waals surface area contributed by atoms with Crippen LogP contribution in [0.5, 0.6) is 0 Å². The molecule has 2 amide bonds. The standard InChI is InChI=1S/C32H35N5O3/c1-21-15-27-28(16-22(21)2)37(30(38)18-34-27)20-31(39)35(3)29(19-36-13-4-5-14-36)24-11-9-23(10-12-24)25-7-6-8-26(17-25)32(33)40/h6-12,15-18,29H,4-5,13-14,19-20H2,1-3H3,(H2,33,40). The third-order valence-corrected chi connectivity index (χ3v) is 8.02. The second kappa shape index (κ2) is 11.4. The van der Waals surface area contributed by atoms with Gasteiger partial charge >= 0.3 is 0 Å². The lowest BCUT2D eigenvalue weighted by Crippen LogP contribution is -2.41. The number of rotatable bonds is 8. The van der Waals surface area contributed by atoms with E-state index in [1.54, 1.807) is 17.0 Å². The van der Waals surface area contributed by atoms with Crippen molar-refractivity contribution in [3.05, 3.63) is 99.5 Å². The maximum atomic E-state index is 13.7. The van der Waals surface area contributed by atoms with Crippen LogP contribution in [0, 0.1) is 13.8 Å². The molecule has 1 unspecified atom stereocenters. The fourth-order valence-electron chi connectivity index (χ4n) is 5.41. The van der Waals surface area contributed by atoms with Gasteiger partial charge in [0.05, 0.1) is 23.3 Å². The summed E-state index contributed by atoms with van der Waals surface area (Å²) in [5.74, 6) is -0.606. The van der Waals surface area contributed by atoms with Crippen LogP contribution in [-0.2, 0) is 11.3 Å². The first-order valence-electron chi connectivity index (χ1n) is 13.7. The van der Waals surface area contributed by atoms with E-state index in [2.05, 4.69) is 9.88 Å². The van der Waals surface area contributed by atoms with Crippen LogP contribution in [0.15, 0.2) is 71.7 Å². The second-order valence-corrected chi connectivity index (χ2v) is 10.7. The predicted molar refractivity (Wildman–Crippen MR) is 157 cm³/mol. The van der Waals surface area contributed by atoms with Crippen molar-refractivity contribution in [1.82, 2.24) is 19.4 Å². The van der Waals surface area contributed by atoms with E-state index in [-0.39, 0.29) is 24.1 Å². The van der Waals surface area contributed by atoms with E-state index in [1.807, 2.05) is 69.4 Å². The van der Waals surface area contributed by atoms with Crippen molar-refractivity contribution in [2.75, 3.05) is 26.7 Å². The quantitative estimate of drug-likeness (QED) is 0.365. The molecule has 0 saturated carbocycles. The van der Waals surface area contributed by atoms with Gasteiger partial charge in [0.15, 0.2) is 0 Å². The van der Waals surface area contributed by atoms with E-state index in [4.69, 9.17) is 5.73 Å². The highest BCUT2D eigenvalue weighted by Crippen LogP contribution is 2.27. The number of amides is 2. The molecule has 0 radical (unpaired) electrons. The number of fused-ring (bicyclic) bond motifs is 1. The maximum absolute atomic E-state index is 13.7. The number of carbonyl (C=O) groups is 2. The average molecular weight is 538 g/mol. The molecule has 2 heterocycles. The van der Waals surface area contributed by atoms with Gasteiger partial charge in [0.25, 0.3) is 5.56 Å². The fourth-order valence-corrected chi connectivity index (χ4v) is 5.41. The zero-order valence-electron chi connectivity index (χ0n) is 23.3. The molecule has 2 N–H and O–H groups in total. The number of hydrogen-bond donors (Lipinski definition) is 1. The Balaban J connectivity index is 1.44. The van der Waals surface area contributed by atoms with Gasteiger partial charge in [-0.25, -0.2) is 4.98 Å². The molecule has 1 aromatic heterocycles. The zero-order valence-corrected chi connectivity index (χ0v) is 23.3. The molecule has 1 saturated heterocycles. The van der Waals surface area contributed by atoms with E-state index >= 15 is 0 Å². The lowest BCUT2D eigenvalue weighted by atomic mass is 9.98. The Bertz CT molecular complexity index is 1620. The van der Waals surface area contributed by atoms with Crippen molar-refractivity contribution in [2.45, 2.75) is 39.3 Å². The predicted octanol–water partition coefficient (Wildman–Crippen LogP) is 4.07. The van der Waals surface area contributed by atoms with Gasteiger partial charge in [0.2, 0.25) is 11.8 Å². The summed E-state index contributed by atoms with van der Waals surface area (Å²) >= 11 is 0. The van der Waals surface area contributed by atoms with Gasteiger partial charge in [-0.05, 0) is 91.9 Å². The Morgan fingerprint density at radius 2 is 1.68 bits per heavy atom. The van der Waals surface area contributed by atoms with Crippen molar-refractivity contribution in [2.24, 2.45) is 5.73 Å². The number of aryl methyl sites for hydroxylation is 2. The summed E-state index contributed by atoms with van der Waals surface area (Å²) in [5.41, 5.74) is 12.0. The molecule has 4 aromatic rings. The van der Waals surface area contributed by atoms with Crippen molar-refractivity contribution >= 4 is 22.8 Å². The molecule has 5 rings (SSSR count).